The highest BCUT2D eigenvalue weighted by Crippen LogP contribution is 2.34. The second-order valence-electron chi connectivity index (χ2n) is 4.84. The van der Waals surface area contributed by atoms with E-state index in [0.29, 0.717) is 22.1 Å². The van der Waals surface area contributed by atoms with Crippen LogP contribution in [0.1, 0.15) is 15.9 Å². The molecule has 0 saturated heterocycles. The van der Waals surface area contributed by atoms with Crippen LogP contribution >= 0.6 is 15.9 Å². The van der Waals surface area contributed by atoms with Gasteiger partial charge >= 0.3 is 5.97 Å². The number of rotatable bonds is 2. The SMILES string of the molecule is O=C(O)[C@@H]1Cc2ccccc2N1C(=O)c1ccccc1Br. The van der Waals surface area contributed by atoms with Crippen LogP contribution in [0.2, 0.25) is 0 Å². The van der Waals surface area contributed by atoms with Crippen LogP contribution in [0.15, 0.2) is 53.0 Å². The molecular formula is C16H12BrNO3. The van der Waals surface area contributed by atoms with Gasteiger partial charge in [0.05, 0.1) is 5.56 Å². The molecule has 1 aliphatic heterocycles. The van der Waals surface area contributed by atoms with Crippen LogP contribution in [0.4, 0.5) is 5.69 Å². The van der Waals surface area contributed by atoms with E-state index in [-0.39, 0.29) is 5.91 Å². The molecule has 3 rings (SSSR count). The summed E-state index contributed by atoms with van der Waals surface area (Å²) in [4.78, 5) is 25.6. The lowest BCUT2D eigenvalue weighted by Crippen LogP contribution is -2.43. The summed E-state index contributed by atoms with van der Waals surface area (Å²) < 4.78 is 0.656. The average Bonchev–Trinajstić information content (AvgIpc) is 2.86. The molecule has 5 heteroatoms. The van der Waals surface area contributed by atoms with Gasteiger partial charge in [-0.3, -0.25) is 9.69 Å². The van der Waals surface area contributed by atoms with Gasteiger partial charge in [-0.25, -0.2) is 4.79 Å². The lowest BCUT2D eigenvalue weighted by molar-refractivity contribution is -0.138. The van der Waals surface area contributed by atoms with Crippen LogP contribution in [0.3, 0.4) is 0 Å². The predicted molar refractivity (Wildman–Crippen MR) is 82.5 cm³/mol. The summed E-state index contributed by atoms with van der Waals surface area (Å²) in [7, 11) is 0. The average molecular weight is 346 g/mol. The Morgan fingerprint density at radius 3 is 2.48 bits per heavy atom. The van der Waals surface area contributed by atoms with Crippen LogP contribution in [-0.4, -0.2) is 23.0 Å². The molecule has 0 aromatic heterocycles. The molecule has 0 radical (unpaired) electrons. The molecule has 0 spiro atoms. The van der Waals surface area contributed by atoms with Gasteiger partial charge in [0, 0.05) is 16.6 Å². The van der Waals surface area contributed by atoms with Crippen LogP contribution in [-0.2, 0) is 11.2 Å². The van der Waals surface area contributed by atoms with Crippen molar-refractivity contribution in [1.82, 2.24) is 0 Å². The Morgan fingerprint density at radius 2 is 1.76 bits per heavy atom. The van der Waals surface area contributed by atoms with E-state index < -0.39 is 12.0 Å². The first-order valence-corrected chi connectivity index (χ1v) is 7.27. The number of halogens is 1. The van der Waals surface area contributed by atoms with Gasteiger partial charge in [-0.2, -0.15) is 0 Å². The van der Waals surface area contributed by atoms with Gasteiger partial charge in [0.25, 0.3) is 5.91 Å². The maximum Gasteiger partial charge on any atom is 0.327 e. The summed E-state index contributed by atoms with van der Waals surface area (Å²) in [6, 6.07) is 13.5. The minimum Gasteiger partial charge on any atom is -0.480 e. The molecule has 0 bridgehead atoms. The van der Waals surface area contributed by atoms with E-state index in [1.54, 1.807) is 24.3 Å². The Labute approximate surface area is 130 Å². The molecule has 106 valence electrons. The topological polar surface area (TPSA) is 57.6 Å². The maximum absolute atomic E-state index is 12.8. The molecule has 0 fully saturated rings. The Balaban J connectivity index is 2.08. The molecular weight excluding hydrogens is 334 g/mol. The third kappa shape index (κ3) is 2.34. The minimum atomic E-state index is -0.994. The molecule has 0 unspecified atom stereocenters. The number of amides is 1. The molecule has 2 aromatic carbocycles. The maximum atomic E-state index is 12.8. The Kier molecular flexibility index (Phi) is 3.51. The molecule has 2 aromatic rings. The smallest absolute Gasteiger partial charge is 0.327 e. The van der Waals surface area contributed by atoms with Gasteiger partial charge < -0.3 is 5.11 Å². The number of carboxylic acid groups (broad SMARTS) is 1. The fourth-order valence-corrected chi connectivity index (χ4v) is 3.05. The zero-order valence-corrected chi connectivity index (χ0v) is 12.6. The zero-order chi connectivity index (χ0) is 15.0. The van der Waals surface area contributed by atoms with Crippen molar-refractivity contribution in [3.05, 3.63) is 64.1 Å². The highest BCUT2D eigenvalue weighted by molar-refractivity contribution is 9.10. The summed E-state index contributed by atoms with van der Waals surface area (Å²) in [6.07, 6.45) is 0.335. The van der Waals surface area contributed by atoms with Crippen molar-refractivity contribution in [3.63, 3.8) is 0 Å². The third-order valence-electron chi connectivity index (χ3n) is 3.58. The van der Waals surface area contributed by atoms with Crippen molar-refractivity contribution in [2.45, 2.75) is 12.5 Å². The fraction of sp³-hybridized carbons (Fsp3) is 0.125. The molecule has 1 N–H and O–H groups in total. The van der Waals surface area contributed by atoms with Crippen LogP contribution in [0.5, 0.6) is 0 Å². The Morgan fingerprint density at radius 1 is 1.10 bits per heavy atom. The van der Waals surface area contributed by atoms with E-state index in [9.17, 15) is 14.7 Å². The number of nitrogens with zero attached hydrogens (tertiary/aromatic N) is 1. The lowest BCUT2D eigenvalue weighted by Gasteiger charge is -2.23. The second kappa shape index (κ2) is 5.33. The first-order chi connectivity index (χ1) is 10.1. The van der Waals surface area contributed by atoms with Crippen molar-refractivity contribution in [3.8, 4) is 0 Å². The number of aliphatic carboxylic acids is 1. The third-order valence-corrected chi connectivity index (χ3v) is 4.28. The first kappa shape index (κ1) is 13.8. The van der Waals surface area contributed by atoms with E-state index in [2.05, 4.69) is 15.9 Å². The van der Waals surface area contributed by atoms with E-state index in [4.69, 9.17) is 0 Å². The largest absolute Gasteiger partial charge is 0.480 e. The number of carbonyl (C=O) groups is 2. The normalized spacial score (nSPS) is 16.6. The second-order valence-corrected chi connectivity index (χ2v) is 5.70. The molecule has 1 heterocycles. The van der Waals surface area contributed by atoms with Gasteiger partial charge in [0.1, 0.15) is 6.04 Å². The molecule has 1 atom stereocenters. The van der Waals surface area contributed by atoms with Crippen LogP contribution < -0.4 is 4.90 Å². The summed E-state index contributed by atoms with van der Waals surface area (Å²) >= 11 is 3.35. The highest BCUT2D eigenvalue weighted by atomic mass is 79.9. The van der Waals surface area contributed by atoms with Gasteiger partial charge in [0.15, 0.2) is 0 Å². The first-order valence-electron chi connectivity index (χ1n) is 6.48. The van der Waals surface area contributed by atoms with E-state index in [1.165, 1.54) is 4.90 Å². The quantitative estimate of drug-likeness (QED) is 0.909. The summed E-state index contributed by atoms with van der Waals surface area (Å²) in [5.74, 6) is -1.30. The van der Waals surface area contributed by atoms with Gasteiger partial charge in [-0.1, -0.05) is 30.3 Å². The fourth-order valence-electron chi connectivity index (χ4n) is 2.60. The molecule has 4 nitrogen and oxygen atoms in total. The standard InChI is InChI=1S/C16H12BrNO3/c17-12-7-3-2-6-11(12)15(19)18-13-8-4-1-5-10(13)9-14(18)16(20)21/h1-8,14H,9H2,(H,20,21)/t14-/m0/s1. The summed E-state index contributed by atoms with van der Waals surface area (Å²) in [6.45, 7) is 0. The molecule has 21 heavy (non-hydrogen) atoms. The number of hydrogen-bond acceptors (Lipinski definition) is 2. The molecule has 0 aliphatic carbocycles. The van der Waals surface area contributed by atoms with Crippen LogP contribution in [0, 0.1) is 0 Å². The van der Waals surface area contributed by atoms with Gasteiger partial charge in [-0.15, -0.1) is 0 Å². The summed E-state index contributed by atoms with van der Waals surface area (Å²) in [5, 5.41) is 9.42. The number of benzene rings is 2. The lowest BCUT2D eigenvalue weighted by atomic mass is 10.1. The number of anilines is 1. The monoisotopic (exact) mass is 345 g/mol. The summed E-state index contributed by atoms with van der Waals surface area (Å²) in [5.41, 5.74) is 2.01. The van der Waals surface area contributed by atoms with Crippen molar-refractivity contribution >= 4 is 33.5 Å². The van der Waals surface area contributed by atoms with Crippen molar-refractivity contribution in [1.29, 1.82) is 0 Å². The number of fused-ring (bicyclic) bond motifs is 1. The van der Waals surface area contributed by atoms with Gasteiger partial charge in [-0.05, 0) is 39.7 Å². The Hall–Kier alpha value is -2.14. The highest BCUT2D eigenvalue weighted by Gasteiger charge is 2.38. The number of hydrogen-bond donors (Lipinski definition) is 1. The van der Waals surface area contributed by atoms with E-state index in [0.717, 1.165) is 5.56 Å². The van der Waals surface area contributed by atoms with E-state index in [1.807, 2.05) is 24.3 Å². The van der Waals surface area contributed by atoms with Gasteiger partial charge in [0.2, 0.25) is 0 Å². The number of para-hydroxylation sites is 1. The van der Waals surface area contributed by atoms with Crippen LogP contribution in [0.25, 0.3) is 0 Å². The minimum absolute atomic E-state index is 0.306. The molecule has 0 saturated carbocycles. The molecule has 1 aliphatic rings. The van der Waals surface area contributed by atoms with Crippen molar-refractivity contribution in [2.75, 3.05) is 4.90 Å². The Bertz CT molecular complexity index is 729. The number of carbonyl (C=O) groups excluding carboxylic acids is 1. The molecule has 1 amide bonds. The van der Waals surface area contributed by atoms with E-state index >= 15 is 0 Å². The zero-order valence-electron chi connectivity index (χ0n) is 11.0. The van der Waals surface area contributed by atoms with Crippen molar-refractivity contribution in [2.24, 2.45) is 0 Å². The number of carboxylic acids is 1. The predicted octanol–water partition coefficient (Wildman–Crippen LogP) is 3.11. The van der Waals surface area contributed by atoms with Crippen molar-refractivity contribution < 1.29 is 14.7 Å².